The maximum Gasteiger partial charge on any atom is 0.113 e. The van der Waals surface area contributed by atoms with Gasteiger partial charge in [-0.05, 0) is 12.8 Å². The molecular formula is C6H9O2. The lowest BCUT2D eigenvalue weighted by atomic mass is 10.2. The van der Waals surface area contributed by atoms with Gasteiger partial charge in [-0.15, -0.1) is 0 Å². The van der Waals surface area contributed by atoms with Crippen molar-refractivity contribution in [1.29, 1.82) is 0 Å². The molecule has 2 heterocycles. The molecule has 2 nitrogen and oxygen atoms in total. The molecule has 0 N–H and O–H groups in total. The highest BCUT2D eigenvalue weighted by molar-refractivity contribution is 4.84. The third-order valence-corrected chi connectivity index (χ3v) is 1.50. The van der Waals surface area contributed by atoms with Crippen molar-refractivity contribution in [3.05, 3.63) is 6.61 Å². The second-order valence-electron chi connectivity index (χ2n) is 2.34. The molecule has 0 aromatic rings. The van der Waals surface area contributed by atoms with Crippen molar-refractivity contribution >= 4 is 0 Å². The van der Waals surface area contributed by atoms with Gasteiger partial charge in [-0.25, -0.2) is 0 Å². The van der Waals surface area contributed by atoms with Gasteiger partial charge in [0, 0.05) is 0 Å². The first-order chi connectivity index (χ1) is 3.95. The summed E-state index contributed by atoms with van der Waals surface area (Å²) < 4.78 is 9.92. The standard InChI is InChI=1S/C6H9O2/c1(5-3-7-5)2-6-4-8-6/h3,5-6H,1-2,4H2. The van der Waals surface area contributed by atoms with Crippen molar-refractivity contribution < 1.29 is 9.47 Å². The van der Waals surface area contributed by atoms with Gasteiger partial charge in [-0.3, -0.25) is 0 Å². The Hall–Kier alpha value is -0.0800. The molecular weight excluding hydrogens is 104 g/mol. The van der Waals surface area contributed by atoms with E-state index in [4.69, 9.17) is 9.47 Å². The predicted octanol–water partition coefficient (Wildman–Crippen LogP) is 0.726. The minimum Gasteiger partial charge on any atom is -0.373 e. The van der Waals surface area contributed by atoms with Crippen molar-refractivity contribution in [2.24, 2.45) is 0 Å². The second-order valence-corrected chi connectivity index (χ2v) is 2.34. The molecule has 2 unspecified atom stereocenters. The minimum absolute atomic E-state index is 0.471. The molecule has 0 aliphatic carbocycles. The number of ether oxygens (including phenoxy) is 2. The Balaban J connectivity index is 1.56. The highest BCUT2D eigenvalue weighted by Crippen LogP contribution is 2.25. The van der Waals surface area contributed by atoms with E-state index in [1.807, 2.05) is 6.61 Å². The molecule has 2 atom stereocenters. The largest absolute Gasteiger partial charge is 0.373 e. The molecule has 0 aromatic heterocycles. The van der Waals surface area contributed by atoms with Gasteiger partial charge >= 0.3 is 0 Å². The summed E-state index contributed by atoms with van der Waals surface area (Å²) in [5.74, 6) is 0. The Labute approximate surface area is 48.8 Å². The quantitative estimate of drug-likeness (QED) is 0.504. The van der Waals surface area contributed by atoms with Crippen molar-refractivity contribution in [1.82, 2.24) is 0 Å². The summed E-state index contributed by atoms with van der Waals surface area (Å²) in [7, 11) is 0. The topological polar surface area (TPSA) is 25.1 Å². The van der Waals surface area contributed by atoms with Gasteiger partial charge < -0.3 is 9.47 Å². The summed E-state index contributed by atoms with van der Waals surface area (Å²) in [5, 5.41) is 0. The second kappa shape index (κ2) is 1.71. The summed E-state index contributed by atoms with van der Waals surface area (Å²) in [6, 6.07) is 0. The summed E-state index contributed by atoms with van der Waals surface area (Å²) in [5.41, 5.74) is 0. The average Bonchev–Trinajstić information content (AvgIpc) is 2.60. The summed E-state index contributed by atoms with van der Waals surface area (Å²) >= 11 is 0. The van der Waals surface area contributed by atoms with E-state index < -0.39 is 0 Å². The first-order valence-corrected chi connectivity index (χ1v) is 3.05. The number of epoxide rings is 2. The van der Waals surface area contributed by atoms with Gasteiger partial charge in [0.25, 0.3) is 0 Å². The predicted molar refractivity (Wildman–Crippen MR) is 28.1 cm³/mol. The lowest BCUT2D eigenvalue weighted by molar-refractivity contribution is 0.360. The molecule has 0 aromatic carbocycles. The molecule has 0 saturated carbocycles. The van der Waals surface area contributed by atoms with Crippen LogP contribution in [0.25, 0.3) is 0 Å². The zero-order valence-corrected chi connectivity index (χ0v) is 4.67. The molecule has 0 spiro atoms. The summed E-state index contributed by atoms with van der Waals surface area (Å²) in [6.45, 7) is 2.86. The van der Waals surface area contributed by atoms with Crippen LogP contribution in [-0.4, -0.2) is 18.8 Å². The smallest absolute Gasteiger partial charge is 0.113 e. The Bertz CT molecular complexity index is 72.5. The molecule has 2 fully saturated rings. The normalized spacial score (nSPS) is 42.0. The third-order valence-electron chi connectivity index (χ3n) is 1.50. The van der Waals surface area contributed by atoms with Gasteiger partial charge in [0.15, 0.2) is 0 Å². The number of hydrogen-bond donors (Lipinski definition) is 0. The van der Waals surface area contributed by atoms with Crippen LogP contribution in [0.1, 0.15) is 12.8 Å². The van der Waals surface area contributed by atoms with E-state index in [-0.39, 0.29) is 0 Å². The molecule has 45 valence electrons. The lowest BCUT2D eigenvalue weighted by Gasteiger charge is -1.86. The lowest BCUT2D eigenvalue weighted by Crippen LogP contribution is -1.89. The van der Waals surface area contributed by atoms with Crippen LogP contribution in [0.4, 0.5) is 0 Å². The molecule has 2 rings (SSSR count). The van der Waals surface area contributed by atoms with Gasteiger partial charge in [-0.2, -0.15) is 0 Å². The Morgan fingerprint density at radius 1 is 1.50 bits per heavy atom. The van der Waals surface area contributed by atoms with Crippen LogP contribution >= 0.6 is 0 Å². The Morgan fingerprint density at radius 3 is 2.75 bits per heavy atom. The van der Waals surface area contributed by atoms with Gasteiger partial charge in [0.05, 0.1) is 18.8 Å². The van der Waals surface area contributed by atoms with E-state index in [0.717, 1.165) is 13.0 Å². The minimum atomic E-state index is 0.471. The van der Waals surface area contributed by atoms with Gasteiger partial charge in [-0.1, -0.05) is 0 Å². The van der Waals surface area contributed by atoms with Gasteiger partial charge in [0.2, 0.25) is 0 Å². The first-order valence-electron chi connectivity index (χ1n) is 3.05. The SMILES string of the molecule is [CH]1OC1CCC1CO1. The Kier molecular flexibility index (Phi) is 1.02. The highest BCUT2D eigenvalue weighted by atomic mass is 16.6. The van der Waals surface area contributed by atoms with E-state index in [0.29, 0.717) is 12.2 Å². The van der Waals surface area contributed by atoms with Crippen LogP contribution < -0.4 is 0 Å². The molecule has 2 aliphatic rings. The maximum atomic E-state index is 5.02. The van der Waals surface area contributed by atoms with Crippen LogP contribution in [0.2, 0.25) is 0 Å². The van der Waals surface area contributed by atoms with Crippen molar-refractivity contribution in [3.8, 4) is 0 Å². The zero-order chi connectivity index (χ0) is 5.40. The fourth-order valence-electron chi connectivity index (χ4n) is 0.777. The van der Waals surface area contributed by atoms with E-state index in [1.165, 1.54) is 6.42 Å². The summed E-state index contributed by atoms with van der Waals surface area (Å²) in [6.07, 6.45) is 3.39. The zero-order valence-electron chi connectivity index (χ0n) is 4.67. The van der Waals surface area contributed by atoms with Crippen molar-refractivity contribution in [2.75, 3.05) is 6.61 Å². The molecule has 2 heteroatoms. The third kappa shape index (κ3) is 1.20. The maximum absolute atomic E-state index is 5.02. The Morgan fingerprint density at radius 2 is 2.25 bits per heavy atom. The van der Waals surface area contributed by atoms with E-state index in [9.17, 15) is 0 Å². The average molecular weight is 113 g/mol. The van der Waals surface area contributed by atoms with E-state index >= 15 is 0 Å². The molecule has 8 heavy (non-hydrogen) atoms. The molecule has 1 radical (unpaired) electrons. The van der Waals surface area contributed by atoms with Crippen molar-refractivity contribution in [2.45, 2.75) is 25.0 Å². The summed E-state index contributed by atoms with van der Waals surface area (Å²) in [4.78, 5) is 0. The molecule has 0 amide bonds. The van der Waals surface area contributed by atoms with E-state index in [2.05, 4.69) is 0 Å². The van der Waals surface area contributed by atoms with Crippen LogP contribution in [0.5, 0.6) is 0 Å². The highest BCUT2D eigenvalue weighted by Gasteiger charge is 2.28. The molecule has 2 aliphatic heterocycles. The fourth-order valence-corrected chi connectivity index (χ4v) is 0.777. The molecule has 0 bridgehead atoms. The van der Waals surface area contributed by atoms with Crippen LogP contribution in [0, 0.1) is 6.61 Å². The fraction of sp³-hybridized carbons (Fsp3) is 0.833. The molecule has 2 saturated heterocycles. The van der Waals surface area contributed by atoms with Crippen LogP contribution in [-0.2, 0) is 9.47 Å². The van der Waals surface area contributed by atoms with Crippen molar-refractivity contribution in [3.63, 3.8) is 0 Å². The number of hydrogen-bond acceptors (Lipinski definition) is 2. The monoisotopic (exact) mass is 113 g/mol. The first kappa shape index (κ1) is 4.77. The van der Waals surface area contributed by atoms with Crippen LogP contribution in [0.3, 0.4) is 0 Å². The number of rotatable bonds is 3. The van der Waals surface area contributed by atoms with E-state index in [1.54, 1.807) is 0 Å². The van der Waals surface area contributed by atoms with Crippen LogP contribution in [0.15, 0.2) is 0 Å². The van der Waals surface area contributed by atoms with Gasteiger partial charge in [0.1, 0.15) is 6.61 Å².